The number of ketones is 1. The number of rotatable bonds is 3. The molecule has 0 aromatic carbocycles. The summed E-state index contributed by atoms with van der Waals surface area (Å²) < 4.78 is 0. The van der Waals surface area contributed by atoms with Gasteiger partial charge in [-0.15, -0.1) is 11.3 Å². The fourth-order valence-electron chi connectivity index (χ4n) is 2.15. The Morgan fingerprint density at radius 3 is 2.72 bits per heavy atom. The van der Waals surface area contributed by atoms with Crippen LogP contribution >= 0.6 is 11.3 Å². The lowest BCUT2D eigenvalue weighted by Gasteiger charge is -2.08. The van der Waals surface area contributed by atoms with Crippen LogP contribution in [0, 0.1) is 0 Å². The molecule has 0 bridgehead atoms. The maximum atomic E-state index is 12.0. The molecular formula is C14H19NO2S. The molecule has 4 heteroatoms. The minimum Gasteiger partial charge on any atom is -0.342 e. The van der Waals surface area contributed by atoms with Gasteiger partial charge in [-0.1, -0.05) is 6.42 Å². The Hall–Kier alpha value is -1.16. The number of carbonyl (C=O) groups excluding carboxylic acids is 2. The van der Waals surface area contributed by atoms with Crippen LogP contribution in [0.1, 0.15) is 53.2 Å². The molecule has 98 valence electrons. The van der Waals surface area contributed by atoms with Crippen molar-refractivity contribution < 1.29 is 9.59 Å². The van der Waals surface area contributed by atoms with Gasteiger partial charge in [-0.05, 0) is 51.2 Å². The van der Waals surface area contributed by atoms with Gasteiger partial charge in [0, 0.05) is 4.88 Å². The number of fused-ring (bicyclic) bond motifs is 1. The van der Waals surface area contributed by atoms with E-state index in [-0.39, 0.29) is 11.7 Å². The standard InChI is InChI=1S/C14H19NO2S/c1-9(10(2)16)15-14(17)13-8-11-6-4-3-5-7-12(11)18-13/h8-9H,3-7H2,1-2H3,(H,15,17). The van der Waals surface area contributed by atoms with Crippen LogP contribution < -0.4 is 5.32 Å². The zero-order chi connectivity index (χ0) is 13.1. The summed E-state index contributed by atoms with van der Waals surface area (Å²) in [6.07, 6.45) is 5.90. The number of thiophene rings is 1. The van der Waals surface area contributed by atoms with Gasteiger partial charge in [0.25, 0.3) is 5.91 Å². The quantitative estimate of drug-likeness (QED) is 0.854. The van der Waals surface area contributed by atoms with Crippen molar-refractivity contribution in [2.24, 2.45) is 0 Å². The summed E-state index contributed by atoms with van der Waals surface area (Å²) in [6.45, 7) is 3.22. The maximum Gasteiger partial charge on any atom is 0.261 e. The molecule has 3 nitrogen and oxygen atoms in total. The maximum absolute atomic E-state index is 12.0. The smallest absolute Gasteiger partial charge is 0.261 e. The van der Waals surface area contributed by atoms with E-state index < -0.39 is 6.04 Å². The number of amides is 1. The zero-order valence-corrected chi connectivity index (χ0v) is 11.7. The van der Waals surface area contributed by atoms with E-state index in [9.17, 15) is 9.59 Å². The first-order valence-electron chi connectivity index (χ1n) is 6.51. The number of carbonyl (C=O) groups is 2. The predicted octanol–water partition coefficient (Wildman–Crippen LogP) is 2.72. The number of aryl methyl sites for hydroxylation is 2. The van der Waals surface area contributed by atoms with Crippen LogP contribution in [0.2, 0.25) is 0 Å². The van der Waals surface area contributed by atoms with Gasteiger partial charge in [-0.3, -0.25) is 9.59 Å². The topological polar surface area (TPSA) is 46.2 Å². The average Bonchev–Trinajstić information content (AvgIpc) is 2.61. The molecule has 0 radical (unpaired) electrons. The van der Waals surface area contributed by atoms with Gasteiger partial charge in [0.1, 0.15) is 0 Å². The van der Waals surface area contributed by atoms with Crippen LogP contribution in [0.15, 0.2) is 6.07 Å². The van der Waals surface area contributed by atoms with E-state index in [0.29, 0.717) is 0 Å². The van der Waals surface area contributed by atoms with Crippen LogP contribution in [0.4, 0.5) is 0 Å². The van der Waals surface area contributed by atoms with Crippen molar-refractivity contribution in [3.63, 3.8) is 0 Å². The first kappa shape index (κ1) is 13.3. The summed E-state index contributed by atoms with van der Waals surface area (Å²) in [6, 6.07) is 1.60. The molecule has 1 aliphatic carbocycles. The molecule has 18 heavy (non-hydrogen) atoms. The molecule has 1 unspecified atom stereocenters. The first-order valence-corrected chi connectivity index (χ1v) is 7.32. The lowest BCUT2D eigenvalue weighted by Crippen LogP contribution is -2.36. The molecule has 0 aliphatic heterocycles. The normalized spacial score (nSPS) is 16.6. The molecule has 2 rings (SSSR count). The van der Waals surface area contributed by atoms with Crippen LogP contribution in [0.3, 0.4) is 0 Å². The van der Waals surface area contributed by atoms with Crippen molar-refractivity contribution in [2.75, 3.05) is 0 Å². The monoisotopic (exact) mass is 265 g/mol. The van der Waals surface area contributed by atoms with E-state index in [1.807, 2.05) is 6.07 Å². The van der Waals surface area contributed by atoms with Crippen LogP contribution in [0.5, 0.6) is 0 Å². The SMILES string of the molecule is CC(=O)C(C)NC(=O)c1cc2c(s1)CCCCC2. The van der Waals surface area contributed by atoms with Crippen molar-refractivity contribution in [1.29, 1.82) is 0 Å². The van der Waals surface area contributed by atoms with Gasteiger partial charge < -0.3 is 5.32 Å². The second kappa shape index (κ2) is 5.65. The molecule has 0 spiro atoms. The van der Waals surface area contributed by atoms with Crippen molar-refractivity contribution in [3.05, 3.63) is 21.4 Å². The number of Topliss-reactive ketones (excluding diaryl/α,β-unsaturated/α-hetero) is 1. The highest BCUT2D eigenvalue weighted by molar-refractivity contribution is 7.14. The van der Waals surface area contributed by atoms with Crippen molar-refractivity contribution in [2.45, 2.75) is 52.0 Å². The lowest BCUT2D eigenvalue weighted by atomic mass is 10.1. The third-order valence-electron chi connectivity index (χ3n) is 3.43. The number of hydrogen-bond donors (Lipinski definition) is 1. The Balaban J connectivity index is 2.09. The lowest BCUT2D eigenvalue weighted by molar-refractivity contribution is -0.118. The fourth-order valence-corrected chi connectivity index (χ4v) is 3.31. The van der Waals surface area contributed by atoms with Crippen LogP contribution in [0.25, 0.3) is 0 Å². The molecular weight excluding hydrogens is 246 g/mol. The van der Waals surface area contributed by atoms with Crippen molar-refractivity contribution >= 4 is 23.0 Å². The van der Waals surface area contributed by atoms with E-state index >= 15 is 0 Å². The minimum atomic E-state index is -0.403. The molecule has 1 aliphatic rings. The number of hydrogen-bond acceptors (Lipinski definition) is 3. The van der Waals surface area contributed by atoms with E-state index in [1.165, 1.54) is 36.6 Å². The Morgan fingerprint density at radius 1 is 1.28 bits per heavy atom. The highest BCUT2D eigenvalue weighted by Crippen LogP contribution is 2.28. The molecule has 1 aromatic rings. The third-order valence-corrected chi connectivity index (χ3v) is 4.66. The summed E-state index contributed by atoms with van der Waals surface area (Å²) in [4.78, 5) is 25.2. The van der Waals surface area contributed by atoms with Crippen LogP contribution in [-0.2, 0) is 17.6 Å². The molecule has 1 amide bonds. The Kier molecular flexibility index (Phi) is 4.17. The van der Waals surface area contributed by atoms with Gasteiger partial charge in [0.2, 0.25) is 0 Å². The van der Waals surface area contributed by atoms with E-state index in [4.69, 9.17) is 0 Å². The van der Waals surface area contributed by atoms with Crippen LogP contribution in [-0.4, -0.2) is 17.7 Å². The highest BCUT2D eigenvalue weighted by Gasteiger charge is 2.18. The molecule has 0 saturated carbocycles. The summed E-state index contributed by atoms with van der Waals surface area (Å²) in [5.74, 6) is -0.128. The third kappa shape index (κ3) is 2.99. The molecule has 1 heterocycles. The van der Waals surface area contributed by atoms with Gasteiger partial charge in [0.05, 0.1) is 10.9 Å². The summed E-state index contributed by atoms with van der Waals surface area (Å²) in [5.41, 5.74) is 1.33. The van der Waals surface area contributed by atoms with E-state index in [1.54, 1.807) is 18.3 Å². The molecule has 1 N–H and O–H groups in total. The van der Waals surface area contributed by atoms with E-state index in [0.717, 1.165) is 17.7 Å². The fraction of sp³-hybridized carbons (Fsp3) is 0.571. The number of nitrogens with one attached hydrogen (secondary N) is 1. The Morgan fingerprint density at radius 2 is 2.00 bits per heavy atom. The molecule has 1 aromatic heterocycles. The Labute approximate surface area is 112 Å². The second-order valence-electron chi connectivity index (χ2n) is 4.93. The van der Waals surface area contributed by atoms with Gasteiger partial charge in [0.15, 0.2) is 5.78 Å². The predicted molar refractivity (Wildman–Crippen MR) is 73.2 cm³/mol. The second-order valence-corrected chi connectivity index (χ2v) is 6.06. The molecule has 0 saturated heterocycles. The highest BCUT2D eigenvalue weighted by atomic mass is 32.1. The summed E-state index contributed by atoms with van der Waals surface area (Å²) in [5, 5.41) is 2.74. The van der Waals surface area contributed by atoms with Gasteiger partial charge in [-0.25, -0.2) is 0 Å². The van der Waals surface area contributed by atoms with Crippen molar-refractivity contribution in [3.8, 4) is 0 Å². The van der Waals surface area contributed by atoms with Gasteiger partial charge in [-0.2, -0.15) is 0 Å². The summed E-state index contributed by atoms with van der Waals surface area (Å²) >= 11 is 1.59. The van der Waals surface area contributed by atoms with E-state index in [2.05, 4.69) is 5.32 Å². The average molecular weight is 265 g/mol. The first-order chi connectivity index (χ1) is 8.58. The largest absolute Gasteiger partial charge is 0.342 e. The summed E-state index contributed by atoms with van der Waals surface area (Å²) in [7, 11) is 0. The molecule has 0 fully saturated rings. The minimum absolute atomic E-state index is 0.0125. The van der Waals surface area contributed by atoms with Gasteiger partial charge >= 0.3 is 0 Å². The van der Waals surface area contributed by atoms with Crippen molar-refractivity contribution in [1.82, 2.24) is 5.32 Å². The molecule has 1 atom stereocenters. The zero-order valence-electron chi connectivity index (χ0n) is 10.9. The Bertz CT molecular complexity index is 441.